The minimum atomic E-state index is -3.97. The molecule has 4 aromatic carbocycles. The number of sulfonamides is 1. The number of nitrogens with two attached hydrogens (primary N) is 1. The standard InChI is InChI=1S/C38H43ClN4O4S/c39-32-13-9-29(10-14-32)28-7-5-27(6-8-28)25-41-21-22-43(37(26-41)38(44)42-19-17-33(40)18-20-42)48(45,46)36-16-12-30-23-35(15-11-31(30)24-36)47-34-3-1-2-4-34/h5-16,23-24,33-34,37H,1-4,17-22,25-26,40H2/t37-/m1/s1. The van der Waals surface area contributed by atoms with Crippen LogP contribution in [0, 0.1) is 0 Å². The molecular weight excluding hydrogens is 644 g/mol. The molecule has 48 heavy (non-hydrogen) atoms. The van der Waals surface area contributed by atoms with Crippen molar-refractivity contribution in [2.75, 3.05) is 32.7 Å². The molecule has 2 aliphatic heterocycles. The first-order valence-electron chi connectivity index (χ1n) is 17.1. The number of fused-ring (bicyclic) bond motifs is 1. The maximum Gasteiger partial charge on any atom is 0.243 e. The molecule has 8 nitrogen and oxygen atoms in total. The van der Waals surface area contributed by atoms with Crippen LogP contribution in [0.1, 0.15) is 44.1 Å². The van der Waals surface area contributed by atoms with Crippen molar-refractivity contribution in [3.63, 3.8) is 0 Å². The molecule has 2 saturated heterocycles. The van der Waals surface area contributed by atoms with E-state index < -0.39 is 16.1 Å². The molecule has 2 heterocycles. The number of carbonyl (C=O) groups excluding carboxylic acids is 1. The lowest BCUT2D eigenvalue weighted by atomic mass is 10.0. The Kier molecular flexibility index (Phi) is 9.76. The Bertz CT molecular complexity index is 1850. The molecule has 1 atom stereocenters. The molecule has 0 bridgehead atoms. The number of benzene rings is 4. The summed E-state index contributed by atoms with van der Waals surface area (Å²) < 4.78 is 36.3. The predicted octanol–water partition coefficient (Wildman–Crippen LogP) is 6.31. The first-order valence-corrected chi connectivity index (χ1v) is 18.9. The third kappa shape index (κ3) is 7.26. The van der Waals surface area contributed by atoms with E-state index in [4.69, 9.17) is 22.1 Å². The van der Waals surface area contributed by atoms with Gasteiger partial charge in [0.2, 0.25) is 15.9 Å². The Morgan fingerprint density at radius 1 is 0.792 bits per heavy atom. The van der Waals surface area contributed by atoms with Crippen LogP contribution in [-0.2, 0) is 21.4 Å². The first kappa shape index (κ1) is 33.0. The van der Waals surface area contributed by atoms with E-state index in [9.17, 15) is 13.2 Å². The number of carbonyl (C=O) groups is 1. The van der Waals surface area contributed by atoms with Gasteiger partial charge >= 0.3 is 0 Å². The zero-order valence-corrected chi connectivity index (χ0v) is 28.7. The van der Waals surface area contributed by atoms with E-state index in [1.807, 2.05) is 48.5 Å². The fourth-order valence-electron chi connectivity index (χ4n) is 7.26. The van der Waals surface area contributed by atoms with Crippen molar-refractivity contribution in [3.05, 3.63) is 95.5 Å². The number of hydrogen-bond donors (Lipinski definition) is 1. The summed E-state index contributed by atoms with van der Waals surface area (Å²) in [6, 6.07) is 26.4. The zero-order chi connectivity index (χ0) is 33.3. The number of likely N-dealkylation sites (tertiary alicyclic amines) is 1. The number of piperidine rings is 1. The van der Waals surface area contributed by atoms with Gasteiger partial charge < -0.3 is 15.4 Å². The number of rotatable bonds is 8. The fraction of sp³-hybridized carbons (Fsp3) is 0.395. The number of ether oxygens (including phenoxy) is 1. The molecule has 0 unspecified atom stereocenters. The SMILES string of the molecule is NC1CCN(C(=O)[C@H]2CN(Cc3ccc(-c4ccc(Cl)cc4)cc3)CCN2S(=O)(=O)c2ccc3cc(OC4CCCC4)ccc3c2)CC1. The Morgan fingerprint density at radius 2 is 1.44 bits per heavy atom. The normalized spacial score (nSPS) is 20.4. The minimum Gasteiger partial charge on any atom is -0.490 e. The average Bonchev–Trinajstić information content (AvgIpc) is 3.62. The summed E-state index contributed by atoms with van der Waals surface area (Å²) in [6.07, 6.45) is 6.21. The van der Waals surface area contributed by atoms with Crippen LogP contribution in [0.2, 0.25) is 5.02 Å². The van der Waals surface area contributed by atoms with Gasteiger partial charge in [-0.1, -0.05) is 60.1 Å². The van der Waals surface area contributed by atoms with Crippen molar-refractivity contribution >= 4 is 38.3 Å². The van der Waals surface area contributed by atoms with Gasteiger partial charge in [-0.15, -0.1) is 0 Å². The summed E-state index contributed by atoms with van der Waals surface area (Å²) in [5, 5.41) is 2.45. The van der Waals surface area contributed by atoms with E-state index in [-0.39, 0.29) is 29.5 Å². The second-order valence-electron chi connectivity index (χ2n) is 13.4. The smallest absolute Gasteiger partial charge is 0.243 e. The Hall–Kier alpha value is -3.47. The molecule has 10 heteroatoms. The van der Waals surface area contributed by atoms with Crippen LogP contribution < -0.4 is 10.5 Å². The minimum absolute atomic E-state index is 0.0641. The van der Waals surface area contributed by atoms with Crippen molar-refractivity contribution in [2.24, 2.45) is 5.73 Å². The van der Waals surface area contributed by atoms with Gasteiger partial charge in [-0.25, -0.2) is 8.42 Å². The largest absolute Gasteiger partial charge is 0.490 e. The van der Waals surface area contributed by atoms with Gasteiger partial charge in [-0.3, -0.25) is 9.69 Å². The monoisotopic (exact) mass is 686 g/mol. The highest BCUT2D eigenvalue weighted by molar-refractivity contribution is 7.89. The van der Waals surface area contributed by atoms with E-state index in [0.717, 1.165) is 46.1 Å². The summed E-state index contributed by atoms with van der Waals surface area (Å²) in [4.78, 5) is 18.3. The molecule has 0 spiro atoms. The summed E-state index contributed by atoms with van der Waals surface area (Å²) in [7, 11) is -3.97. The van der Waals surface area contributed by atoms with Crippen LogP contribution in [0.3, 0.4) is 0 Å². The average molecular weight is 687 g/mol. The van der Waals surface area contributed by atoms with Crippen LogP contribution in [-0.4, -0.2) is 79.3 Å². The molecule has 1 saturated carbocycles. The van der Waals surface area contributed by atoms with Crippen molar-refractivity contribution in [3.8, 4) is 16.9 Å². The van der Waals surface area contributed by atoms with Crippen LogP contribution in [0.25, 0.3) is 21.9 Å². The predicted molar refractivity (Wildman–Crippen MR) is 190 cm³/mol. The fourth-order valence-corrected chi connectivity index (χ4v) is 8.99. The molecule has 252 valence electrons. The molecule has 3 fully saturated rings. The highest BCUT2D eigenvalue weighted by atomic mass is 35.5. The maximum atomic E-state index is 14.3. The van der Waals surface area contributed by atoms with Gasteiger partial charge in [0.1, 0.15) is 11.8 Å². The molecule has 3 aliphatic rings. The van der Waals surface area contributed by atoms with E-state index in [0.29, 0.717) is 50.6 Å². The van der Waals surface area contributed by atoms with Crippen LogP contribution in [0.4, 0.5) is 0 Å². The number of halogens is 1. The number of nitrogens with zero attached hydrogens (tertiary/aromatic N) is 3. The lowest BCUT2D eigenvalue weighted by molar-refractivity contribution is -0.138. The molecule has 1 aliphatic carbocycles. The molecule has 4 aromatic rings. The number of amides is 1. The lowest BCUT2D eigenvalue weighted by Gasteiger charge is -2.42. The van der Waals surface area contributed by atoms with Crippen molar-refractivity contribution < 1.29 is 17.9 Å². The number of piperazine rings is 1. The van der Waals surface area contributed by atoms with Crippen molar-refractivity contribution in [1.29, 1.82) is 0 Å². The van der Waals surface area contributed by atoms with E-state index in [2.05, 4.69) is 29.2 Å². The van der Waals surface area contributed by atoms with Gasteiger partial charge in [-0.2, -0.15) is 4.31 Å². The van der Waals surface area contributed by atoms with Crippen LogP contribution >= 0.6 is 11.6 Å². The molecule has 0 radical (unpaired) electrons. The summed E-state index contributed by atoms with van der Waals surface area (Å²) >= 11 is 6.06. The molecule has 2 N–H and O–H groups in total. The third-order valence-electron chi connectivity index (χ3n) is 10.1. The van der Waals surface area contributed by atoms with Crippen molar-refractivity contribution in [1.82, 2.24) is 14.1 Å². The molecule has 0 aromatic heterocycles. The van der Waals surface area contributed by atoms with E-state index in [1.54, 1.807) is 17.0 Å². The highest BCUT2D eigenvalue weighted by Gasteiger charge is 2.42. The molecule has 7 rings (SSSR count). The van der Waals surface area contributed by atoms with Gasteiger partial charge in [-0.05, 0) is 102 Å². The van der Waals surface area contributed by atoms with Crippen LogP contribution in [0.15, 0.2) is 89.8 Å². The topological polar surface area (TPSA) is 96.2 Å². The van der Waals surface area contributed by atoms with E-state index >= 15 is 0 Å². The van der Waals surface area contributed by atoms with Gasteiger partial charge in [0.05, 0.1) is 11.0 Å². The Morgan fingerprint density at radius 3 is 2.15 bits per heavy atom. The van der Waals surface area contributed by atoms with Crippen molar-refractivity contribution in [2.45, 2.75) is 68.2 Å². The lowest BCUT2D eigenvalue weighted by Crippen LogP contribution is -2.61. The van der Waals surface area contributed by atoms with Gasteiger partial charge in [0, 0.05) is 50.3 Å². The van der Waals surface area contributed by atoms with Gasteiger partial charge in [0.15, 0.2) is 0 Å². The second-order valence-corrected chi connectivity index (χ2v) is 15.8. The Labute approximate surface area is 288 Å². The summed E-state index contributed by atoms with van der Waals surface area (Å²) in [5.41, 5.74) is 9.42. The third-order valence-corrected chi connectivity index (χ3v) is 12.2. The zero-order valence-electron chi connectivity index (χ0n) is 27.1. The van der Waals surface area contributed by atoms with Gasteiger partial charge in [0.25, 0.3) is 0 Å². The highest BCUT2D eigenvalue weighted by Crippen LogP contribution is 2.31. The summed E-state index contributed by atoms with van der Waals surface area (Å²) in [5.74, 6) is 0.662. The maximum absolute atomic E-state index is 14.3. The van der Waals surface area contributed by atoms with E-state index in [1.165, 1.54) is 17.1 Å². The second kappa shape index (κ2) is 14.2. The first-order chi connectivity index (χ1) is 23.2. The Balaban J connectivity index is 1.11. The van der Waals surface area contributed by atoms with Crippen LogP contribution in [0.5, 0.6) is 5.75 Å². The number of hydrogen-bond acceptors (Lipinski definition) is 6. The quantitative estimate of drug-likeness (QED) is 0.234. The summed E-state index contributed by atoms with van der Waals surface area (Å²) in [6.45, 7) is 2.75. The molecular formula is C38H43ClN4O4S. The molecule has 1 amide bonds.